The van der Waals surface area contributed by atoms with Gasteiger partial charge in [0.25, 0.3) is 0 Å². The van der Waals surface area contributed by atoms with Gasteiger partial charge in [0, 0.05) is 12.0 Å². The van der Waals surface area contributed by atoms with Gasteiger partial charge in [0.15, 0.2) is 0 Å². The highest BCUT2D eigenvalue weighted by Gasteiger charge is 1.91. The standard InChI is InChI=1S/C14H18O/c1-12(2)5-3-4-6-13-7-9-14(11-15)10-8-13/h7-10,12,15H,3,5,11H2,1-2H3. The van der Waals surface area contributed by atoms with E-state index in [2.05, 4.69) is 25.7 Å². The van der Waals surface area contributed by atoms with Crippen molar-refractivity contribution in [2.75, 3.05) is 0 Å². The topological polar surface area (TPSA) is 20.2 Å². The van der Waals surface area contributed by atoms with E-state index in [1.807, 2.05) is 24.3 Å². The fourth-order valence-electron chi connectivity index (χ4n) is 1.22. The molecule has 1 aromatic rings. The fraction of sp³-hybridized carbons (Fsp3) is 0.429. The van der Waals surface area contributed by atoms with Gasteiger partial charge < -0.3 is 5.11 Å². The summed E-state index contributed by atoms with van der Waals surface area (Å²) in [6.45, 7) is 4.51. The summed E-state index contributed by atoms with van der Waals surface area (Å²) in [4.78, 5) is 0. The molecule has 1 rings (SSSR count). The molecule has 0 aliphatic rings. The second-order valence-corrected chi connectivity index (χ2v) is 4.09. The molecule has 1 N–H and O–H groups in total. The summed E-state index contributed by atoms with van der Waals surface area (Å²) in [5.74, 6) is 7.00. The first kappa shape index (κ1) is 11.8. The van der Waals surface area contributed by atoms with Gasteiger partial charge in [-0.1, -0.05) is 37.8 Å². The molecule has 0 saturated carbocycles. The first-order chi connectivity index (χ1) is 7.22. The maximum Gasteiger partial charge on any atom is 0.0681 e. The number of hydrogen-bond donors (Lipinski definition) is 1. The van der Waals surface area contributed by atoms with E-state index in [9.17, 15) is 0 Å². The minimum Gasteiger partial charge on any atom is -0.392 e. The minimum atomic E-state index is 0.0983. The van der Waals surface area contributed by atoms with E-state index in [-0.39, 0.29) is 6.61 Å². The van der Waals surface area contributed by atoms with Crippen LogP contribution >= 0.6 is 0 Å². The van der Waals surface area contributed by atoms with Gasteiger partial charge in [-0.25, -0.2) is 0 Å². The van der Waals surface area contributed by atoms with Crippen LogP contribution in [0.15, 0.2) is 24.3 Å². The lowest BCUT2D eigenvalue weighted by Gasteiger charge is -1.97. The zero-order valence-corrected chi connectivity index (χ0v) is 9.46. The largest absolute Gasteiger partial charge is 0.392 e. The Balaban J connectivity index is 2.49. The van der Waals surface area contributed by atoms with Crippen LogP contribution in [0.3, 0.4) is 0 Å². The molecule has 0 unspecified atom stereocenters. The van der Waals surface area contributed by atoms with Crippen LogP contribution in [0.4, 0.5) is 0 Å². The van der Waals surface area contributed by atoms with E-state index in [4.69, 9.17) is 5.11 Å². The average Bonchev–Trinajstić information content (AvgIpc) is 2.25. The third-order valence-corrected chi connectivity index (χ3v) is 2.22. The van der Waals surface area contributed by atoms with Crippen molar-refractivity contribution in [2.24, 2.45) is 5.92 Å². The highest BCUT2D eigenvalue weighted by Crippen LogP contribution is 2.04. The Morgan fingerprint density at radius 1 is 1.20 bits per heavy atom. The summed E-state index contributed by atoms with van der Waals surface area (Å²) in [5, 5.41) is 8.87. The van der Waals surface area contributed by atoms with Gasteiger partial charge in [-0.15, -0.1) is 0 Å². The molecule has 0 fully saturated rings. The van der Waals surface area contributed by atoms with Gasteiger partial charge in [0.1, 0.15) is 0 Å². The number of benzene rings is 1. The van der Waals surface area contributed by atoms with Crippen molar-refractivity contribution < 1.29 is 5.11 Å². The van der Waals surface area contributed by atoms with Gasteiger partial charge >= 0.3 is 0 Å². The summed E-state index contributed by atoms with van der Waals surface area (Å²) >= 11 is 0. The second-order valence-electron chi connectivity index (χ2n) is 4.09. The summed E-state index contributed by atoms with van der Waals surface area (Å²) in [7, 11) is 0. The maximum atomic E-state index is 8.87. The van der Waals surface area contributed by atoms with Crippen LogP contribution in [0.1, 0.15) is 37.8 Å². The van der Waals surface area contributed by atoms with Gasteiger partial charge in [0.2, 0.25) is 0 Å². The first-order valence-electron chi connectivity index (χ1n) is 5.41. The van der Waals surface area contributed by atoms with E-state index in [1.54, 1.807) is 0 Å². The molecule has 0 radical (unpaired) electrons. The fourth-order valence-corrected chi connectivity index (χ4v) is 1.22. The predicted molar refractivity (Wildman–Crippen MR) is 63.3 cm³/mol. The molecule has 0 amide bonds. The summed E-state index contributed by atoms with van der Waals surface area (Å²) < 4.78 is 0. The van der Waals surface area contributed by atoms with Crippen molar-refractivity contribution in [1.29, 1.82) is 0 Å². The number of aliphatic hydroxyl groups is 1. The third kappa shape index (κ3) is 4.67. The first-order valence-corrected chi connectivity index (χ1v) is 5.41. The lowest BCUT2D eigenvalue weighted by atomic mass is 10.1. The van der Waals surface area contributed by atoms with Crippen LogP contribution in [0.5, 0.6) is 0 Å². The van der Waals surface area contributed by atoms with Crippen molar-refractivity contribution in [3.8, 4) is 11.8 Å². The molecule has 0 spiro atoms. The smallest absolute Gasteiger partial charge is 0.0681 e. The molecule has 0 bridgehead atoms. The SMILES string of the molecule is CC(C)CCC#Cc1ccc(CO)cc1. The summed E-state index contributed by atoms with van der Waals surface area (Å²) in [6.07, 6.45) is 2.11. The molecule has 1 heteroatoms. The quantitative estimate of drug-likeness (QED) is 0.747. The van der Waals surface area contributed by atoms with Crippen molar-refractivity contribution in [2.45, 2.75) is 33.3 Å². The van der Waals surface area contributed by atoms with Gasteiger partial charge in [-0.05, 0) is 30.0 Å². The van der Waals surface area contributed by atoms with Crippen LogP contribution in [0.25, 0.3) is 0 Å². The molecule has 15 heavy (non-hydrogen) atoms. The predicted octanol–water partition coefficient (Wildman–Crippen LogP) is 2.97. The molecule has 0 aliphatic carbocycles. The summed E-state index contributed by atoms with van der Waals surface area (Å²) in [6, 6.07) is 7.72. The van der Waals surface area contributed by atoms with E-state index in [0.29, 0.717) is 0 Å². The van der Waals surface area contributed by atoms with E-state index in [0.717, 1.165) is 29.9 Å². The van der Waals surface area contributed by atoms with E-state index < -0.39 is 0 Å². The number of rotatable bonds is 3. The van der Waals surface area contributed by atoms with E-state index >= 15 is 0 Å². The molecule has 1 aromatic carbocycles. The normalized spacial score (nSPS) is 9.87. The molecule has 0 aromatic heterocycles. The van der Waals surface area contributed by atoms with Crippen molar-refractivity contribution in [1.82, 2.24) is 0 Å². The molecule has 0 heterocycles. The van der Waals surface area contributed by atoms with Crippen LogP contribution in [0.2, 0.25) is 0 Å². The molecule has 1 nitrogen and oxygen atoms in total. The molecule has 0 atom stereocenters. The molecular weight excluding hydrogens is 184 g/mol. The lowest BCUT2D eigenvalue weighted by molar-refractivity contribution is 0.282. The second kappa shape index (κ2) is 6.27. The molecular formula is C14H18O. The Labute approximate surface area is 92.1 Å². The van der Waals surface area contributed by atoms with Crippen molar-refractivity contribution >= 4 is 0 Å². The lowest BCUT2D eigenvalue weighted by Crippen LogP contribution is -1.84. The van der Waals surface area contributed by atoms with Gasteiger partial charge in [-0.2, -0.15) is 0 Å². The molecule has 80 valence electrons. The third-order valence-electron chi connectivity index (χ3n) is 2.22. The van der Waals surface area contributed by atoms with Gasteiger partial charge in [-0.3, -0.25) is 0 Å². The minimum absolute atomic E-state index is 0.0983. The maximum absolute atomic E-state index is 8.87. The number of hydrogen-bond acceptors (Lipinski definition) is 1. The average molecular weight is 202 g/mol. The van der Waals surface area contributed by atoms with Crippen molar-refractivity contribution in [3.63, 3.8) is 0 Å². The van der Waals surface area contributed by atoms with Crippen molar-refractivity contribution in [3.05, 3.63) is 35.4 Å². The van der Waals surface area contributed by atoms with E-state index in [1.165, 1.54) is 0 Å². The van der Waals surface area contributed by atoms with Crippen LogP contribution < -0.4 is 0 Å². The zero-order chi connectivity index (χ0) is 11.1. The Hall–Kier alpha value is -1.26. The van der Waals surface area contributed by atoms with Crippen LogP contribution in [0, 0.1) is 17.8 Å². The Morgan fingerprint density at radius 2 is 1.87 bits per heavy atom. The number of aliphatic hydroxyl groups excluding tert-OH is 1. The van der Waals surface area contributed by atoms with Crippen LogP contribution in [-0.4, -0.2) is 5.11 Å². The Kier molecular flexibility index (Phi) is 4.93. The molecule has 0 aliphatic heterocycles. The van der Waals surface area contributed by atoms with Gasteiger partial charge in [0.05, 0.1) is 6.61 Å². The Morgan fingerprint density at radius 3 is 2.40 bits per heavy atom. The summed E-state index contributed by atoms with van der Waals surface area (Å²) in [5.41, 5.74) is 1.96. The highest BCUT2D eigenvalue weighted by molar-refractivity contribution is 5.35. The Bertz CT molecular complexity index is 338. The highest BCUT2D eigenvalue weighted by atomic mass is 16.3. The molecule has 0 saturated heterocycles. The monoisotopic (exact) mass is 202 g/mol. The zero-order valence-electron chi connectivity index (χ0n) is 9.46. The van der Waals surface area contributed by atoms with Crippen LogP contribution in [-0.2, 0) is 6.61 Å².